The Bertz CT molecular complexity index is 546. The maximum absolute atomic E-state index is 11.4. The molecule has 2 fully saturated rings. The van der Waals surface area contributed by atoms with Gasteiger partial charge in [-0.15, -0.1) is 0 Å². The molecule has 3 rings (SSSR count). The summed E-state index contributed by atoms with van der Waals surface area (Å²) in [6.45, 7) is 2.22. The summed E-state index contributed by atoms with van der Waals surface area (Å²) in [7, 11) is 3.08. The van der Waals surface area contributed by atoms with E-state index in [9.17, 15) is 4.79 Å². The Kier molecular flexibility index (Phi) is 4.02. The Morgan fingerprint density at radius 1 is 1.27 bits per heavy atom. The van der Waals surface area contributed by atoms with Crippen LogP contribution >= 0.6 is 0 Å². The molecule has 1 aromatic heterocycles. The summed E-state index contributed by atoms with van der Waals surface area (Å²) in [6.07, 6.45) is 1.02. The highest BCUT2D eigenvalue weighted by Crippen LogP contribution is 2.40. The zero-order valence-electron chi connectivity index (χ0n) is 12.8. The van der Waals surface area contributed by atoms with Gasteiger partial charge < -0.3 is 24.8 Å². The number of fused-ring (bicyclic) bond motifs is 1. The highest BCUT2D eigenvalue weighted by molar-refractivity contribution is 5.73. The molecule has 120 valence electrons. The maximum Gasteiger partial charge on any atom is 0.229 e. The summed E-state index contributed by atoms with van der Waals surface area (Å²) in [5.41, 5.74) is 0. The van der Waals surface area contributed by atoms with E-state index in [-0.39, 0.29) is 24.1 Å². The summed E-state index contributed by atoms with van der Waals surface area (Å²) in [5.74, 6) is 1.53. The average molecular weight is 308 g/mol. The molecular weight excluding hydrogens is 288 g/mol. The lowest BCUT2D eigenvalue weighted by Gasteiger charge is -2.47. The van der Waals surface area contributed by atoms with Crippen molar-refractivity contribution in [1.29, 1.82) is 0 Å². The second-order valence-electron chi connectivity index (χ2n) is 5.46. The number of aromatic nitrogens is 2. The second-order valence-corrected chi connectivity index (χ2v) is 5.46. The van der Waals surface area contributed by atoms with E-state index in [4.69, 9.17) is 14.2 Å². The first-order valence-electron chi connectivity index (χ1n) is 7.24. The number of methoxy groups -OCH3 is 2. The summed E-state index contributed by atoms with van der Waals surface area (Å²) in [5, 5.41) is 6.21. The third-order valence-corrected chi connectivity index (χ3v) is 4.15. The van der Waals surface area contributed by atoms with Gasteiger partial charge in [-0.3, -0.25) is 4.79 Å². The number of hydrogen-bond acceptors (Lipinski definition) is 7. The molecule has 2 heterocycles. The van der Waals surface area contributed by atoms with E-state index in [1.54, 1.807) is 6.07 Å². The molecule has 0 unspecified atom stereocenters. The number of nitrogens with one attached hydrogen (secondary N) is 2. The zero-order chi connectivity index (χ0) is 15.7. The highest BCUT2D eigenvalue weighted by Gasteiger charge is 2.54. The largest absolute Gasteiger partial charge is 0.481 e. The van der Waals surface area contributed by atoms with Crippen LogP contribution in [-0.2, 0) is 9.53 Å². The third-order valence-electron chi connectivity index (χ3n) is 4.15. The zero-order valence-corrected chi connectivity index (χ0v) is 12.8. The molecule has 0 bridgehead atoms. The van der Waals surface area contributed by atoms with Crippen LogP contribution in [0.4, 0.5) is 5.95 Å². The maximum atomic E-state index is 11.4. The molecule has 1 amide bonds. The van der Waals surface area contributed by atoms with Crippen LogP contribution in [-0.4, -0.2) is 54.9 Å². The highest BCUT2D eigenvalue weighted by atomic mass is 16.5. The van der Waals surface area contributed by atoms with E-state index >= 15 is 0 Å². The van der Waals surface area contributed by atoms with Crippen molar-refractivity contribution in [2.45, 2.75) is 31.5 Å². The van der Waals surface area contributed by atoms with Gasteiger partial charge in [-0.1, -0.05) is 0 Å². The van der Waals surface area contributed by atoms with Gasteiger partial charge in [0, 0.05) is 19.4 Å². The number of rotatable bonds is 5. The van der Waals surface area contributed by atoms with E-state index in [0.717, 1.165) is 6.42 Å². The van der Waals surface area contributed by atoms with E-state index in [1.807, 2.05) is 0 Å². The van der Waals surface area contributed by atoms with Crippen LogP contribution in [0.25, 0.3) is 0 Å². The summed E-state index contributed by atoms with van der Waals surface area (Å²) in [6, 6.07) is 1.57. The van der Waals surface area contributed by atoms with Crippen molar-refractivity contribution in [2.75, 3.05) is 26.1 Å². The first-order chi connectivity index (χ1) is 10.6. The number of ether oxygens (including phenoxy) is 3. The van der Waals surface area contributed by atoms with Crippen molar-refractivity contribution in [1.82, 2.24) is 15.3 Å². The molecule has 0 aromatic carbocycles. The molecule has 1 aliphatic heterocycles. The van der Waals surface area contributed by atoms with E-state index in [1.165, 1.54) is 21.1 Å². The predicted molar refractivity (Wildman–Crippen MR) is 78.0 cm³/mol. The van der Waals surface area contributed by atoms with Gasteiger partial charge >= 0.3 is 0 Å². The Morgan fingerprint density at radius 2 is 1.95 bits per heavy atom. The number of amides is 1. The van der Waals surface area contributed by atoms with Gasteiger partial charge in [-0.25, -0.2) is 0 Å². The van der Waals surface area contributed by atoms with Crippen molar-refractivity contribution in [3.63, 3.8) is 0 Å². The minimum absolute atomic E-state index is 0.0354. The Balaban J connectivity index is 1.77. The van der Waals surface area contributed by atoms with Crippen molar-refractivity contribution in [2.24, 2.45) is 5.92 Å². The van der Waals surface area contributed by atoms with Crippen LogP contribution in [0.3, 0.4) is 0 Å². The Labute approximate surface area is 128 Å². The molecule has 2 aliphatic rings. The van der Waals surface area contributed by atoms with Gasteiger partial charge in [0.05, 0.1) is 38.5 Å². The number of nitrogens with zero attached hydrogens (tertiary/aromatic N) is 2. The lowest BCUT2D eigenvalue weighted by Crippen LogP contribution is -2.68. The fourth-order valence-electron chi connectivity index (χ4n) is 3.14. The van der Waals surface area contributed by atoms with Crippen LogP contribution in [0.5, 0.6) is 11.8 Å². The fourth-order valence-corrected chi connectivity index (χ4v) is 3.14. The van der Waals surface area contributed by atoms with Crippen LogP contribution in [0, 0.1) is 5.92 Å². The molecule has 4 atom stereocenters. The minimum atomic E-state index is -0.0780. The first kappa shape index (κ1) is 14.8. The summed E-state index contributed by atoms with van der Waals surface area (Å²) in [4.78, 5) is 19.9. The lowest BCUT2D eigenvalue weighted by atomic mass is 9.71. The van der Waals surface area contributed by atoms with Crippen LogP contribution in [0.1, 0.15) is 13.3 Å². The predicted octanol–water partition coefficient (Wildman–Crippen LogP) is 0.198. The summed E-state index contributed by atoms with van der Waals surface area (Å²) < 4.78 is 16.0. The van der Waals surface area contributed by atoms with Crippen LogP contribution in [0.2, 0.25) is 0 Å². The number of carbonyl (C=O) groups is 1. The standard InChI is InChI=1S/C14H20N4O4/c1-7(19)15-12-11(8-4-5-22-13(8)12)18-14-16-9(20-2)6-10(17-14)21-3/h6,8,11-13H,4-5H2,1-3H3,(H,15,19)(H,16,17,18)/t8-,11+,12-,13-/m1/s1. The topological polar surface area (TPSA) is 94.6 Å². The van der Waals surface area contributed by atoms with E-state index in [2.05, 4.69) is 20.6 Å². The van der Waals surface area contributed by atoms with Gasteiger partial charge in [0.1, 0.15) is 0 Å². The lowest BCUT2D eigenvalue weighted by molar-refractivity contribution is -0.123. The number of carbonyl (C=O) groups excluding carboxylic acids is 1. The molecule has 1 aliphatic carbocycles. The van der Waals surface area contributed by atoms with Gasteiger partial charge in [0.15, 0.2) is 0 Å². The van der Waals surface area contributed by atoms with Crippen molar-refractivity contribution in [3.05, 3.63) is 6.07 Å². The molecule has 1 aromatic rings. The van der Waals surface area contributed by atoms with E-state index in [0.29, 0.717) is 30.2 Å². The van der Waals surface area contributed by atoms with Crippen LogP contribution < -0.4 is 20.1 Å². The van der Waals surface area contributed by atoms with Gasteiger partial charge in [-0.2, -0.15) is 9.97 Å². The third kappa shape index (κ3) is 2.66. The smallest absolute Gasteiger partial charge is 0.229 e. The molecule has 0 spiro atoms. The SMILES string of the molecule is COc1cc(OC)nc(N[C@H]2[C@H]3CCO[C@H]3[C@@H]2NC(C)=O)n1. The van der Waals surface area contributed by atoms with Crippen molar-refractivity contribution in [3.8, 4) is 11.8 Å². The molecule has 8 heteroatoms. The van der Waals surface area contributed by atoms with Gasteiger partial charge in [0.2, 0.25) is 23.6 Å². The molecule has 1 saturated heterocycles. The molecular formula is C14H20N4O4. The number of anilines is 1. The van der Waals surface area contributed by atoms with Gasteiger partial charge in [-0.05, 0) is 6.42 Å². The Morgan fingerprint density at radius 3 is 2.55 bits per heavy atom. The summed E-state index contributed by atoms with van der Waals surface area (Å²) >= 11 is 0. The normalized spacial score (nSPS) is 29.2. The molecule has 0 radical (unpaired) electrons. The minimum Gasteiger partial charge on any atom is -0.481 e. The van der Waals surface area contributed by atoms with Crippen molar-refractivity contribution >= 4 is 11.9 Å². The molecule has 8 nitrogen and oxygen atoms in total. The quantitative estimate of drug-likeness (QED) is 0.802. The van der Waals surface area contributed by atoms with Crippen LogP contribution in [0.15, 0.2) is 6.07 Å². The molecule has 22 heavy (non-hydrogen) atoms. The average Bonchev–Trinajstić information content (AvgIpc) is 2.94. The van der Waals surface area contributed by atoms with E-state index < -0.39 is 0 Å². The van der Waals surface area contributed by atoms with Crippen molar-refractivity contribution < 1.29 is 19.0 Å². The monoisotopic (exact) mass is 308 g/mol. The Hall–Kier alpha value is -2.09. The fraction of sp³-hybridized carbons (Fsp3) is 0.643. The molecule has 2 N–H and O–H groups in total. The number of hydrogen-bond donors (Lipinski definition) is 2. The second kappa shape index (κ2) is 5.96. The van der Waals surface area contributed by atoms with Gasteiger partial charge in [0.25, 0.3) is 0 Å². The first-order valence-corrected chi connectivity index (χ1v) is 7.24. The molecule has 1 saturated carbocycles.